The van der Waals surface area contributed by atoms with Crippen LogP contribution in [0.3, 0.4) is 0 Å². The lowest BCUT2D eigenvalue weighted by Crippen LogP contribution is -2.16. The summed E-state index contributed by atoms with van der Waals surface area (Å²) in [5, 5.41) is 16.9. The van der Waals surface area contributed by atoms with E-state index in [1.807, 2.05) is 13.1 Å². The number of anilines is 2. The van der Waals surface area contributed by atoms with E-state index in [2.05, 4.69) is 20.6 Å². The average molecular weight is 533 g/mol. The maximum atomic E-state index is 12.6. The maximum absolute atomic E-state index is 12.6. The van der Waals surface area contributed by atoms with Gasteiger partial charge in [-0.25, -0.2) is 13.4 Å². The zero-order valence-corrected chi connectivity index (χ0v) is 21.2. The summed E-state index contributed by atoms with van der Waals surface area (Å²) in [4.78, 5) is 8.66. The second-order valence-corrected chi connectivity index (χ2v) is 10.6. The predicted octanol–water partition coefficient (Wildman–Crippen LogP) is 5.05. The fourth-order valence-corrected chi connectivity index (χ4v) is 4.70. The standard InChI is InChI=1S/C24H22Cl2N4O4S/c1-27-7-8-34-22-6-4-16(12-29-22)30-23-17-9-14(15-10-18(25)24(31)19(26)11-15)3-5-20(17)28-13-21(23)35(2,32)33/h3-6,9-13,27,31H,7-8H2,1-2H3,(H,28,30). The Morgan fingerprint density at radius 3 is 2.37 bits per heavy atom. The van der Waals surface area contributed by atoms with Gasteiger partial charge in [0.15, 0.2) is 15.6 Å². The molecule has 0 aliphatic carbocycles. The number of benzene rings is 2. The van der Waals surface area contributed by atoms with Gasteiger partial charge in [0.25, 0.3) is 0 Å². The van der Waals surface area contributed by atoms with Crippen molar-refractivity contribution in [1.29, 1.82) is 0 Å². The van der Waals surface area contributed by atoms with Crippen LogP contribution in [0, 0.1) is 0 Å². The van der Waals surface area contributed by atoms with E-state index < -0.39 is 9.84 Å². The molecule has 2 aromatic heterocycles. The summed E-state index contributed by atoms with van der Waals surface area (Å²) in [6, 6.07) is 12.0. The summed E-state index contributed by atoms with van der Waals surface area (Å²) in [6.45, 7) is 1.15. The van der Waals surface area contributed by atoms with Crippen molar-refractivity contribution in [3.8, 4) is 22.8 Å². The van der Waals surface area contributed by atoms with Crippen molar-refractivity contribution in [2.45, 2.75) is 4.90 Å². The molecular weight excluding hydrogens is 511 g/mol. The van der Waals surface area contributed by atoms with Gasteiger partial charge in [0, 0.05) is 30.4 Å². The van der Waals surface area contributed by atoms with Gasteiger partial charge in [0.05, 0.1) is 33.1 Å². The van der Waals surface area contributed by atoms with Gasteiger partial charge in [-0.3, -0.25) is 4.98 Å². The third kappa shape index (κ3) is 5.59. The highest BCUT2D eigenvalue weighted by Gasteiger charge is 2.19. The summed E-state index contributed by atoms with van der Waals surface area (Å²) in [6.07, 6.45) is 4.02. The monoisotopic (exact) mass is 532 g/mol. The Kier molecular flexibility index (Phi) is 7.32. The number of aromatic hydroxyl groups is 1. The minimum atomic E-state index is -3.62. The number of nitrogens with zero attached hydrogens (tertiary/aromatic N) is 2. The molecule has 0 radical (unpaired) electrons. The molecule has 0 saturated carbocycles. The molecule has 0 aliphatic heterocycles. The first kappa shape index (κ1) is 25.0. The van der Waals surface area contributed by atoms with Gasteiger partial charge in [0.1, 0.15) is 11.5 Å². The molecule has 2 heterocycles. The van der Waals surface area contributed by atoms with Crippen molar-refractivity contribution >= 4 is 55.3 Å². The number of nitrogens with one attached hydrogen (secondary N) is 2. The van der Waals surface area contributed by atoms with Crippen molar-refractivity contribution < 1.29 is 18.3 Å². The molecular formula is C24H22Cl2N4O4S. The van der Waals surface area contributed by atoms with Gasteiger partial charge in [0.2, 0.25) is 5.88 Å². The number of pyridine rings is 2. The lowest BCUT2D eigenvalue weighted by molar-refractivity contribution is 0.306. The molecule has 4 aromatic rings. The van der Waals surface area contributed by atoms with Gasteiger partial charge in [-0.1, -0.05) is 29.3 Å². The first-order valence-electron chi connectivity index (χ1n) is 10.5. The number of aromatic nitrogens is 2. The topological polar surface area (TPSA) is 113 Å². The number of phenolic OH excluding ortho intramolecular Hbond substituents is 1. The SMILES string of the molecule is CNCCOc1ccc(Nc2c(S(C)(=O)=O)cnc3ccc(-c4cc(Cl)c(O)c(Cl)c4)cc23)cn1. The van der Waals surface area contributed by atoms with Gasteiger partial charge in [-0.05, 0) is 48.5 Å². The quantitative estimate of drug-likeness (QED) is 0.270. The zero-order valence-electron chi connectivity index (χ0n) is 18.8. The molecule has 2 aromatic carbocycles. The van der Waals surface area contributed by atoms with Gasteiger partial charge < -0.3 is 20.5 Å². The third-order valence-corrected chi connectivity index (χ3v) is 6.88. The average Bonchev–Trinajstić information content (AvgIpc) is 2.82. The molecule has 0 spiro atoms. The Hall–Kier alpha value is -3.11. The fraction of sp³-hybridized carbons (Fsp3) is 0.167. The highest BCUT2D eigenvalue weighted by atomic mass is 35.5. The second kappa shape index (κ2) is 10.2. The number of ether oxygens (including phenoxy) is 1. The normalized spacial score (nSPS) is 11.5. The number of likely N-dealkylation sites (N-methyl/N-ethyl adjacent to an activating group) is 1. The Balaban J connectivity index is 1.80. The fourth-order valence-electron chi connectivity index (χ4n) is 3.44. The van der Waals surface area contributed by atoms with Crippen molar-refractivity contribution in [2.75, 3.05) is 31.8 Å². The van der Waals surface area contributed by atoms with Crippen LogP contribution in [0.15, 0.2) is 59.8 Å². The van der Waals surface area contributed by atoms with Crippen LogP contribution >= 0.6 is 23.2 Å². The number of hydrogen-bond acceptors (Lipinski definition) is 8. The van der Waals surface area contributed by atoms with Crippen LogP contribution in [0.5, 0.6) is 11.6 Å². The van der Waals surface area contributed by atoms with E-state index in [1.54, 1.807) is 42.6 Å². The summed E-state index contributed by atoms with van der Waals surface area (Å²) in [7, 11) is -1.79. The van der Waals surface area contributed by atoms with E-state index in [1.165, 1.54) is 6.20 Å². The molecule has 0 unspecified atom stereocenters. The van der Waals surface area contributed by atoms with Crippen molar-refractivity contribution in [3.05, 3.63) is 64.9 Å². The summed E-state index contributed by atoms with van der Waals surface area (Å²) in [5.41, 5.74) is 2.88. The zero-order chi connectivity index (χ0) is 25.2. The van der Waals surface area contributed by atoms with E-state index in [9.17, 15) is 13.5 Å². The van der Waals surface area contributed by atoms with Crippen LogP contribution < -0.4 is 15.4 Å². The van der Waals surface area contributed by atoms with Gasteiger partial charge in [-0.2, -0.15) is 0 Å². The van der Waals surface area contributed by atoms with Crippen LogP contribution in [0.1, 0.15) is 0 Å². The van der Waals surface area contributed by atoms with E-state index in [4.69, 9.17) is 27.9 Å². The second-order valence-electron chi connectivity index (χ2n) is 7.75. The molecule has 11 heteroatoms. The minimum Gasteiger partial charge on any atom is -0.505 e. The molecule has 8 nitrogen and oxygen atoms in total. The molecule has 0 atom stereocenters. The number of fused-ring (bicyclic) bond motifs is 1. The number of phenols is 1. The molecule has 0 amide bonds. The van der Waals surface area contributed by atoms with Crippen LogP contribution in [-0.4, -0.2) is 49.9 Å². The molecule has 3 N–H and O–H groups in total. The van der Waals surface area contributed by atoms with Crippen LogP contribution in [0.25, 0.3) is 22.0 Å². The number of halogens is 2. The Morgan fingerprint density at radius 1 is 1.00 bits per heavy atom. The molecule has 0 fully saturated rings. The maximum Gasteiger partial charge on any atom is 0.213 e. The summed E-state index contributed by atoms with van der Waals surface area (Å²) in [5.74, 6) is 0.254. The lowest BCUT2D eigenvalue weighted by Gasteiger charge is -2.15. The number of hydrogen-bond donors (Lipinski definition) is 3. The highest BCUT2D eigenvalue weighted by molar-refractivity contribution is 7.90. The number of sulfone groups is 1. The highest BCUT2D eigenvalue weighted by Crippen LogP contribution is 2.39. The Morgan fingerprint density at radius 2 is 1.74 bits per heavy atom. The molecule has 4 rings (SSSR count). The summed E-state index contributed by atoms with van der Waals surface area (Å²) >= 11 is 12.2. The van der Waals surface area contributed by atoms with Gasteiger partial charge >= 0.3 is 0 Å². The molecule has 0 saturated heterocycles. The van der Waals surface area contributed by atoms with E-state index in [0.717, 1.165) is 6.26 Å². The van der Waals surface area contributed by atoms with E-state index in [-0.39, 0.29) is 20.7 Å². The predicted molar refractivity (Wildman–Crippen MR) is 139 cm³/mol. The van der Waals surface area contributed by atoms with E-state index in [0.29, 0.717) is 52.4 Å². The van der Waals surface area contributed by atoms with Crippen molar-refractivity contribution in [3.63, 3.8) is 0 Å². The number of rotatable bonds is 8. The third-order valence-electron chi connectivity index (χ3n) is 5.19. The first-order chi connectivity index (χ1) is 16.7. The van der Waals surface area contributed by atoms with Crippen LogP contribution in [-0.2, 0) is 9.84 Å². The Labute approximate surface area is 212 Å². The van der Waals surface area contributed by atoms with E-state index >= 15 is 0 Å². The van der Waals surface area contributed by atoms with Crippen LogP contribution in [0.4, 0.5) is 11.4 Å². The summed E-state index contributed by atoms with van der Waals surface area (Å²) < 4.78 is 30.7. The Bertz CT molecular complexity index is 1470. The van der Waals surface area contributed by atoms with Gasteiger partial charge in [-0.15, -0.1) is 0 Å². The molecule has 182 valence electrons. The largest absolute Gasteiger partial charge is 0.505 e. The molecule has 0 aliphatic rings. The van der Waals surface area contributed by atoms with Crippen molar-refractivity contribution in [1.82, 2.24) is 15.3 Å². The minimum absolute atomic E-state index is 0.0401. The molecule has 35 heavy (non-hydrogen) atoms. The molecule has 0 bridgehead atoms. The smallest absolute Gasteiger partial charge is 0.213 e. The van der Waals surface area contributed by atoms with Crippen molar-refractivity contribution in [2.24, 2.45) is 0 Å². The first-order valence-corrected chi connectivity index (χ1v) is 13.1. The lowest BCUT2D eigenvalue weighted by atomic mass is 10.0. The van der Waals surface area contributed by atoms with Crippen LogP contribution in [0.2, 0.25) is 10.0 Å².